The summed E-state index contributed by atoms with van der Waals surface area (Å²) in [5.41, 5.74) is 0. The second-order valence-corrected chi connectivity index (χ2v) is 7.99. The molecule has 1 atom stereocenters. The zero-order valence-corrected chi connectivity index (χ0v) is 16.2. The van der Waals surface area contributed by atoms with E-state index in [1.165, 1.54) is 19.3 Å². The molecule has 0 N–H and O–H groups in total. The van der Waals surface area contributed by atoms with Crippen LogP contribution in [0.2, 0.25) is 0 Å². The molecule has 2 amide bonds. The lowest BCUT2D eigenvalue weighted by atomic mass is 9.87. The van der Waals surface area contributed by atoms with Crippen LogP contribution < -0.4 is 0 Å². The first-order chi connectivity index (χ1) is 12.7. The van der Waals surface area contributed by atoms with Crippen molar-refractivity contribution in [2.75, 3.05) is 40.0 Å². The number of ether oxygens (including phenoxy) is 2. The zero-order valence-electron chi connectivity index (χ0n) is 16.2. The highest BCUT2D eigenvalue weighted by molar-refractivity contribution is 5.80. The number of rotatable bonds is 5. The Morgan fingerprint density at radius 2 is 1.73 bits per heavy atom. The number of carbonyl (C=O) groups is 2. The molecule has 2 aliphatic heterocycles. The van der Waals surface area contributed by atoms with Gasteiger partial charge in [0.05, 0.1) is 0 Å². The van der Waals surface area contributed by atoms with Crippen molar-refractivity contribution in [1.29, 1.82) is 0 Å². The van der Waals surface area contributed by atoms with Crippen molar-refractivity contribution in [3.8, 4) is 0 Å². The molecule has 0 aromatic rings. The lowest BCUT2D eigenvalue weighted by Crippen LogP contribution is -2.57. The number of carbonyl (C=O) groups excluding carboxylic acids is 2. The van der Waals surface area contributed by atoms with Gasteiger partial charge in [-0.05, 0) is 38.5 Å². The fourth-order valence-corrected chi connectivity index (χ4v) is 4.86. The minimum absolute atomic E-state index is 0.0522. The third-order valence-electron chi connectivity index (χ3n) is 6.20. The maximum Gasteiger partial charge on any atom is 0.249 e. The Bertz CT molecular complexity index is 472. The van der Waals surface area contributed by atoms with Crippen LogP contribution in [-0.4, -0.2) is 73.7 Å². The van der Waals surface area contributed by atoms with Gasteiger partial charge >= 0.3 is 0 Å². The Morgan fingerprint density at radius 3 is 2.42 bits per heavy atom. The predicted molar refractivity (Wildman–Crippen MR) is 98.7 cm³/mol. The topological polar surface area (TPSA) is 59.1 Å². The number of hydrogen-bond acceptors (Lipinski definition) is 4. The van der Waals surface area contributed by atoms with Gasteiger partial charge in [-0.15, -0.1) is 0 Å². The van der Waals surface area contributed by atoms with Crippen molar-refractivity contribution in [2.24, 2.45) is 5.92 Å². The standard InChI is InChI=1S/C20H34N2O4/c1-25-15-19(23)22(17-9-12-26-13-10-17)18-8-5-11-21(14-18)20(24)16-6-3-2-4-7-16/h16-18H,2-15H2,1H3. The Balaban J connectivity index is 1.67. The molecular weight excluding hydrogens is 332 g/mol. The summed E-state index contributed by atoms with van der Waals surface area (Å²) in [7, 11) is 1.57. The monoisotopic (exact) mass is 366 g/mol. The number of likely N-dealkylation sites (tertiary alicyclic amines) is 1. The van der Waals surface area contributed by atoms with Crippen LogP contribution in [0.15, 0.2) is 0 Å². The van der Waals surface area contributed by atoms with E-state index in [9.17, 15) is 9.59 Å². The van der Waals surface area contributed by atoms with Gasteiger partial charge in [-0.1, -0.05) is 19.3 Å². The Morgan fingerprint density at radius 1 is 1.00 bits per heavy atom. The third-order valence-corrected chi connectivity index (χ3v) is 6.20. The molecule has 1 unspecified atom stereocenters. The van der Waals surface area contributed by atoms with E-state index in [1.54, 1.807) is 7.11 Å². The summed E-state index contributed by atoms with van der Waals surface area (Å²) in [6.45, 7) is 3.05. The Labute approximate surface area is 157 Å². The second kappa shape index (κ2) is 9.70. The molecule has 6 nitrogen and oxygen atoms in total. The van der Waals surface area contributed by atoms with Gasteiger partial charge in [0.1, 0.15) is 6.61 Å². The van der Waals surface area contributed by atoms with Crippen molar-refractivity contribution in [1.82, 2.24) is 9.80 Å². The molecule has 148 valence electrons. The highest BCUT2D eigenvalue weighted by atomic mass is 16.5. The van der Waals surface area contributed by atoms with Crippen LogP contribution in [-0.2, 0) is 19.1 Å². The van der Waals surface area contributed by atoms with Gasteiger partial charge < -0.3 is 19.3 Å². The van der Waals surface area contributed by atoms with Gasteiger partial charge in [0.15, 0.2) is 0 Å². The SMILES string of the molecule is COCC(=O)N(C1CCOCC1)C1CCCN(C(=O)C2CCCCC2)C1. The van der Waals surface area contributed by atoms with Crippen LogP contribution in [0.1, 0.15) is 57.8 Å². The van der Waals surface area contributed by atoms with Gasteiger partial charge in [-0.25, -0.2) is 0 Å². The quantitative estimate of drug-likeness (QED) is 0.749. The van der Waals surface area contributed by atoms with Gasteiger partial charge in [0.25, 0.3) is 0 Å². The third kappa shape index (κ3) is 4.77. The summed E-state index contributed by atoms with van der Waals surface area (Å²) in [4.78, 5) is 29.8. The number of nitrogens with zero attached hydrogens (tertiary/aromatic N) is 2. The van der Waals surface area contributed by atoms with Crippen LogP contribution in [0.4, 0.5) is 0 Å². The highest BCUT2D eigenvalue weighted by Gasteiger charge is 2.36. The van der Waals surface area contributed by atoms with Crippen LogP contribution in [0.5, 0.6) is 0 Å². The van der Waals surface area contributed by atoms with Crippen LogP contribution in [0, 0.1) is 5.92 Å². The summed E-state index contributed by atoms with van der Waals surface area (Å²) in [6.07, 6.45) is 9.38. The van der Waals surface area contributed by atoms with E-state index >= 15 is 0 Å². The second-order valence-electron chi connectivity index (χ2n) is 7.99. The molecule has 3 aliphatic rings. The fourth-order valence-electron chi connectivity index (χ4n) is 4.86. The average Bonchev–Trinajstić information content (AvgIpc) is 2.69. The molecule has 0 aromatic carbocycles. The normalized spacial score (nSPS) is 25.9. The molecule has 1 saturated carbocycles. The maximum atomic E-state index is 13.0. The minimum atomic E-state index is 0.0522. The number of piperidine rings is 1. The van der Waals surface area contributed by atoms with E-state index in [0.29, 0.717) is 25.7 Å². The smallest absolute Gasteiger partial charge is 0.249 e. The number of hydrogen-bond donors (Lipinski definition) is 0. The van der Waals surface area contributed by atoms with Gasteiger partial charge in [-0.3, -0.25) is 9.59 Å². The van der Waals surface area contributed by atoms with Crippen LogP contribution >= 0.6 is 0 Å². The van der Waals surface area contributed by atoms with Crippen molar-refractivity contribution in [2.45, 2.75) is 69.9 Å². The van der Waals surface area contributed by atoms with E-state index in [4.69, 9.17) is 9.47 Å². The number of amides is 2. The highest BCUT2D eigenvalue weighted by Crippen LogP contribution is 2.28. The largest absolute Gasteiger partial charge is 0.381 e. The first-order valence-electron chi connectivity index (χ1n) is 10.4. The molecule has 0 radical (unpaired) electrons. The van der Waals surface area contributed by atoms with E-state index in [2.05, 4.69) is 0 Å². The van der Waals surface area contributed by atoms with Crippen molar-refractivity contribution < 1.29 is 19.1 Å². The molecule has 0 bridgehead atoms. The molecule has 0 aromatic heterocycles. The maximum absolute atomic E-state index is 13.0. The first-order valence-corrected chi connectivity index (χ1v) is 10.4. The molecule has 3 fully saturated rings. The summed E-state index contributed by atoms with van der Waals surface area (Å²) < 4.78 is 10.6. The van der Waals surface area contributed by atoms with E-state index in [1.807, 2.05) is 9.80 Å². The Kier molecular flexibility index (Phi) is 7.32. The van der Waals surface area contributed by atoms with Gasteiger partial charge in [0.2, 0.25) is 11.8 Å². The van der Waals surface area contributed by atoms with Crippen molar-refractivity contribution in [3.05, 3.63) is 0 Å². The molecule has 1 aliphatic carbocycles. The minimum Gasteiger partial charge on any atom is -0.381 e. The van der Waals surface area contributed by atoms with Crippen LogP contribution in [0.3, 0.4) is 0 Å². The molecule has 3 rings (SSSR count). The van der Waals surface area contributed by atoms with E-state index < -0.39 is 0 Å². The summed E-state index contributed by atoms with van der Waals surface area (Å²) in [5, 5.41) is 0. The average molecular weight is 367 g/mol. The van der Waals surface area contributed by atoms with E-state index in [-0.39, 0.29) is 30.5 Å². The lowest BCUT2D eigenvalue weighted by molar-refractivity contribution is -0.148. The first kappa shape index (κ1) is 19.6. The van der Waals surface area contributed by atoms with Crippen molar-refractivity contribution in [3.63, 3.8) is 0 Å². The van der Waals surface area contributed by atoms with Crippen LogP contribution in [0.25, 0.3) is 0 Å². The molecule has 2 heterocycles. The summed E-state index contributed by atoms with van der Waals surface area (Å²) in [5.74, 6) is 0.575. The molecule has 6 heteroatoms. The zero-order chi connectivity index (χ0) is 18.4. The molecule has 26 heavy (non-hydrogen) atoms. The van der Waals surface area contributed by atoms with E-state index in [0.717, 1.165) is 45.1 Å². The summed E-state index contributed by atoms with van der Waals surface area (Å²) >= 11 is 0. The molecular formula is C20H34N2O4. The lowest BCUT2D eigenvalue weighted by Gasteiger charge is -2.45. The van der Waals surface area contributed by atoms with Gasteiger partial charge in [0, 0.05) is 51.4 Å². The predicted octanol–water partition coefficient (Wildman–Crippen LogP) is 2.21. The van der Waals surface area contributed by atoms with Gasteiger partial charge in [-0.2, -0.15) is 0 Å². The fraction of sp³-hybridized carbons (Fsp3) is 0.900. The molecule has 0 spiro atoms. The molecule has 2 saturated heterocycles. The summed E-state index contributed by atoms with van der Waals surface area (Å²) in [6, 6.07) is 0.322. The van der Waals surface area contributed by atoms with Crippen molar-refractivity contribution >= 4 is 11.8 Å². The number of methoxy groups -OCH3 is 1. The Hall–Kier alpha value is -1.14.